The van der Waals surface area contributed by atoms with Crippen molar-refractivity contribution in [1.29, 1.82) is 0 Å². The van der Waals surface area contributed by atoms with Gasteiger partial charge >= 0.3 is 6.03 Å². The Kier molecular flexibility index (Phi) is 6.21. The van der Waals surface area contributed by atoms with Crippen LogP contribution >= 0.6 is 0 Å². The molecule has 0 heterocycles. The topological polar surface area (TPSA) is 93.5 Å². The minimum Gasteiger partial charge on any atom is -0.376 e. The van der Waals surface area contributed by atoms with Crippen LogP contribution in [-0.4, -0.2) is 24.6 Å². The van der Waals surface area contributed by atoms with E-state index in [0.29, 0.717) is 12.7 Å². The summed E-state index contributed by atoms with van der Waals surface area (Å²) in [7, 11) is 0. The number of benzene rings is 1. The third-order valence-corrected chi connectivity index (χ3v) is 3.68. The van der Waals surface area contributed by atoms with Crippen LogP contribution in [0.5, 0.6) is 0 Å². The molecule has 4 N–H and O–H groups in total. The average Bonchev–Trinajstić information content (AvgIpc) is 2.52. The number of nitrogens with one attached hydrogen (secondary N) is 2. The summed E-state index contributed by atoms with van der Waals surface area (Å²) in [6.45, 7) is 0.573. The molecule has 1 saturated carbocycles. The lowest BCUT2D eigenvalue weighted by Crippen LogP contribution is -2.38. The first-order valence-electron chi connectivity index (χ1n) is 7.67. The van der Waals surface area contributed by atoms with Crippen LogP contribution < -0.4 is 16.4 Å². The second-order valence-corrected chi connectivity index (χ2v) is 5.54. The summed E-state index contributed by atoms with van der Waals surface area (Å²) < 4.78 is 5.93. The molecule has 0 radical (unpaired) electrons. The minimum atomic E-state index is -0.846. The SMILES string of the molecule is NC(=O)NC(=O)CNc1cccc(COC2CCCCC2)c1. The Balaban J connectivity index is 1.78. The quantitative estimate of drug-likeness (QED) is 0.750. The Labute approximate surface area is 130 Å². The summed E-state index contributed by atoms with van der Waals surface area (Å²) in [5.41, 5.74) is 6.75. The van der Waals surface area contributed by atoms with Crippen molar-refractivity contribution < 1.29 is 14.3 Å². The number of amides is 3. The average molecular weight is 305 g/mol. The zero-order chi connectivity index (χ0) is 15.8. The van der Waals surface area contributed by atoms with Crippen molar-refractivity contribution in [3.05, 3.63) is 29.8 Å². The zero-order valence-electron chi connectivity index (χ0n) is 12.6. The zero-order valence-corrected chi connectivity index (χ0v) is 12.6. The van der Waals surface area contributed by atoms with Gasteiger partial charge in [-0.15, -0.1) is 0 Å². The van der Waals surface area contributed by atoms with E-state index in [1.165, 1.54) is 19.3 Å². The number of carbonyl (C=O) groups excluding carboxylic acids is 2. The fourth-order valence-electron chi connectivity index (χ4n) is 2.58. The summed E-state index contributed by atoms with van der Waals surface area (Å²) in [4.78, 5) is 21.9. The Hall–Kier alpha value is -2.08. The predicted octanol–water partition coefficient (Wildman–Crippen LogP) is 2.14. The Morgan fingerprint density at radius 2 is 2.00 bits per heavy atom. The van der Waals surface area contributed by atoms with E-state index in [0.717, 1.165) is 24.1 Å². The third-order valence-electron chi connectivity index (χ3n) is 3.68. The van der Waals surface area contributed by atoms with Crippen molar-refractivity contribution >= 4 is 17.6 Å². The second-order valence-electron chi connectivity index (χ2n) is 5.54. The first-order chi connectivity index (χ1) is 10.6. The lowest BCUT2D eigenvalue weighted by molar-refractivity contribution is -0.118. The van der Waals surface area contributed by atoms with E-state index in [4.69, 9.17) is 10.5 Å². The molecule has 120 valence electrons. The van der Waals surface area contributed by atoms with E-state index in [-0.39, 0.29) is 6.54 Å². The van der Waals surface area contributed by atoms with Crippen molar-refractivity contribution in [2.24, 2.45) is 5.73 Å². The van der Waals surface area contributed by atoms with Gasteiger partial charge in [0.1, 0.15) is 0 Å². The van der Waals surface area contributed by atoms with E-state index in [9.17, 15) is 9.59 Å². The maximum Gasteiger partial charge on any atom is 0.318 e. The molecule has 3 amide bonds. The van der Waals surface area contributed by atoms with E-state index >= 15 is 0 Å². The molecule has 0 unspecified atom stereocenters. The maximum absolute atomic E-state index is 11.3. The molecular weight excluding hydrogens is 282 g/mol. The number of imide groups is 1. The van der Waals surface area contributed by atoms with Gasteiger partial charge < -0.3 is 15.8 Å². The number of anilines is 1. The lowest BCUT2D eigenvalue weighted by Gasteiger charge is -2.22. The van der Waals surface area contributed by atoms with Gasteiger partial charge in [-0.2, -0.15) is 0 Å². The van der Waals surface area contributed by atoms with Crippen LogP contribution in [0, 0.1) is 0 Å². The highest BCUT2D eigenvalue weighted by molar-refractivity contribution is 5.95. The summed E-state index contributed by atoms with van der Waals surface area (Å²) in [5.74, 6) is -0.462. The molecule has 1 aromatic rings. The predicted molar refractivity (Wildman–Crippen MR) is 84.3 cm³/mol. The smallest absolute Gasteiger partial charge is 0.318 e. The number of primary amides is 1. The van der Waals surface area contributed by atoms with Crippen molar-refractivity contribution in [3.8, 4) is 0 Å². The van der Waals surface area contributed by atoms with Gasteiger partial charge in [-0.1, -0.05) is 31.4 Å². The van der Waals surface area contributed by atoms with Crippen LogP contribution in [-0.2, 0) is 16.1 Å². The molecular formula is C16H23N3O3. The molecule has 1 aliphatic rings. The molecule has 6 heteroatoms. The first-order valence-corrected chi connectivity index (χ1v) is 7.67. The molecule has 0 saturated heterocycles. The van der Waals surface area contributed by atoms with Gasteiger partial charge in [0, 0.05) is 5.69 Å². The number of nitrogens with two attached hydrogens (primary N) is 1. The van der Waals surface area contributed by atoms with Crippen LogP contribution in [0.2, 0.25) is 0 Å². The number of ether oxygens (including phenoxy) is 1. The monoisotopic (exact) mass is 305 g/mol. The van der Waals surface area contributed by atoms with Crippen LogP contribution in [0.3, 0.4) is 0 Å². The summed E-state index contributed by atoms with van der Waals surface area (Å²) >= 11 is 0. The standard InChI is InChI=1S/C16H23N3O3/c17-16(21)19-15(20)10-18-13-6-4-5-12(9-13)11-22-14-7-2-1-3-8-14/h4-6,9,14,18H,1-3,7-8,10-11H2,(H3,17,19,20,21). The van der Waals surface area contributed by atoms with Crippen molar-refractivity contribution in [3.63, 3.8) is 0 Å². The second kappa shape index (κ2) is 8.38. The van der Waals surface area contributed by atoms with Crippen molar-refractivity contribution in [1.82, 2.24) is 5.32 Å². The van der Waals surface area contributed by atoms with Gasteiger partial charge in [-0.05, 0) is 30.5 Å². The summed E-state index contributed by atoms with van der Waals surface area (Å²) in [6, 6.07) is 6.87. The summed E-state index contributed by atoms with van der Waals surface area (Å²) in [5, 5.41) is 4.96. The molecule has 2 rings (SSSR count). The highest BCUT2D eigenvalue weighted by Crippen LogP contribution is 2.21. The Bertz CT molecular complexity index is 513. The van der Waals surface area contributed by atoms with Crippen molar-refractivity contribution in [2.75, 3.05) is 11.9 Å². The number of hydrogen-bond acceptors (Lipinski definition) is 4. The molecule has 6 nitrogen and oxygen atoms in total. The molecule has 0 atom stereocenters. The van der Waals surface area contributed by atoms with Gasteiger partial charge in [-0.25, -0.2) is 4.79 Å². The van der Waals surface area contributed by atoms with Crippen LogP contribution in [0.1, 0.15) is 37.7 Å². The molecule has 1 aromatic carbocycles. The largest absolute Gasteiger partial charge is 0.376 e. The highest BCUT2D eigenvalue weighted by Gasteiger charge is 2.13. The minimum absolute atomic E-state index is 0.00409. The fourth-order valence-corrected chi connectivity index (χ4v) is 2.58. The molecule has 1 aliphatic carbocycles. The Morgan fingerprint density at radius 1 is 1.23 bits per heavy atom. The molecule has 0 spiro atoms. The molecule has 0 aliphatic heterocycles. The summed E-state index contributed by atoms with van der Waals surface area (Å²) in [6.07, 6.45) is 6.47. The van der Waals surface area contributed by atoms with Crippen LogP contribution in [0.4, 0.5) is 10.5 Å². The highest BCUT2D eigenvalue weighted by atomic mass is 16.5. The molecule has 0 bridgehead atoms. The van der Waals surface area contributed by atoms with E-state index in [1.807, 2.05) is 29.6 Å². The van der Waals surface area contributed by atoms with Crippen molar-refractivity contribution in [2.45, 2.75) is 44.8 Å². The number of hydrogen-bond donors (Lipinski definition) is 3. The number of urea groups is 1. The van der Waals surface area contributed by atoms with Gasteiger partial charge in [0.05, 0.1) is 19.3 Å². The third kappa shape index (κ3) is 5.73. The number of rotatable bonds is 6. The molecule has 0 aromatic heterocycles. The molecule has 1 fully saturated rings. The molecule has 22 heavy (non-hydrogen) atoms. The van der Waals surface area contributed by atoms with E-state index in [1.54, 1.807) is 0 Å². The van der Waals surface area contributed by atoms with Gasteiger partial charge in [0.25, 0.3) is 0 Å². The number of carbonyl (C=O) groups is 2. The van der Waals surface area contributed by atoms with Gasteiger partial charge in [0.15, 0.2) is 0 Å². The first kappa shape index (κ1) is 16.3. The van der Waals surface area contributed by atoms with E-state index < -0.39 is 11.9 Å². The van der Waals surface area contributed by atoms with Crippen LogP contribution in [0.25, 0.3) is 0 Å². The van der Waals surface area contributed by atoms with Gasteiger partial charge in [0.2, 0.25) is 5.91 Å². The van der Waals surface area contributed by atoms with Gasteiger partial charge in [-0.3, -0.25) is 10.1 Å². The maximum atomic E-state index is 11.3. The Morgan fingerprint density at radius 3 is 2.73 bits per heavy atom. The van der Waals surface area contributed by atoms with E-state index in [2.05, 4.69) is 5.32 Å². The fraction of sp³-hybridized carbons (Fsp3) is 0.500. The van der Waals surface area contributed by atoms with Crippen LogP contribution in [0.15, 0.2) is 24.3 Å². The normalized spacial score (nSPS) is 15.3. The lowest BCUT2D eigenvalue weighted by atomic mass is 9.98.